The van der Waals surface area contributed by atoms with Crippen LogP contribution in [0.1, 0.15) is 29.3 Å². The van der Waals surface area contributed by atoms with Gasteiger partial charge >= 0.3 is 0 Å². The third kappa shape index (κ3) is 5.31. The summed E-state index contributed by atoms with van der Waals surface area (Å²) in [6, 6.07) is 5.25. The Morgan fingerprint density at radius 3 is 2.68 bits per heavy atom. The standard InChI is InChI=1S/C15H23ClN2O/c1-11-10-13(6-7-14(11)16)15(19)12(2)17-8-5-9-18(3)4/h6-7,10,12,17H,5,8-9H2,1-4H3. The zero-order chi connectivity index (χ0) is 14.4. The lowest BCUT2D eigenvalue weighted by atomic mass is 10.0. The Labute approximate surface area is 120 Å². The topological polar surface area (TPSA) is 32.3 Å². The summed E-state index contributed by atoms with van der Waals surface area (Å²) in [5, 5.41) is 3.96. The molecule has 0 aliphatic carbocycles. The molecular weight excluding hydrogens is 260 g/mol. The lowest BCUT2D eigenvalue weighted by Crippen LogP contribution is -2.35. The van der Waals surface area contributed by atoms with Crippen molar-refractivity contribution in [2.75, 3.05) is 27.2 Å². The number of carbonyl (C=O) groups is 1. The Hall–Kier alpha value is -0.900. The zero-order valence-corrected chi connectivity index (χ0v) is 12.9. The summed E-state index contributed by atoms with van der Waals surface area (Å²) >= 11 is 5.97. The largest absolute Gasteiger partial charge is 0.309 e. The van der Waals surface area contributed by atoms with Crippen LogP contribution in [0.4, 0.5) is 0 Å². The average Bonchev–Trinajstić information content (AvgIpc) is 2.36. The minimum absolute atomic E-state index is 0.115. The normalized spacial score (nSPS) is 12.7. The number of benzene rings is 1. The number of halogens is 1. The van der Waals surface area contributed by atoms with Gasteiger partial charge in [-0.25, -0.2) is 0 Å². The van der Waals surface area contributed by atoms with Crippen LogP contribution in [-0.2, 0) is 0 Å². The van der Waals surface area contributed by atoms with Crippen LogP contribution in [0.25, 0.3) is 0 Å². The molecule has 0 fully saturated rings. The maximum absolute atomic E-state index is 12.2. The van der Waals surface area contributed by atoms with Crippen molar-refractivity contribution in [1.29, 1.82) is 0 Å². The van der Waals surface area contributed by atoms with Gasteiger partial charge in [0.05, 0.1) is 6.04 Å². The molecule has 0 radical (unpaired) electrons. The van der Waals surface area contributed by atoms with Gasteiger partial charge in [0.1, 0.15) is 0 Å². The van der Waals surface area contributed by atoms with Crippen molar-refractivity contribution in [3.63, 3.8) is 0 Å². The van der Waals surface area contributed by atoms with Gasteiger partial charge in [-0.2, -0.15) is 0 Å². The molecule has 1 unspecified atom stereocenters. The third-order valence-electron chi connectivity index (χ3n) is 3.07. The molecule has 3 nitrogen and oxygen atoms in total. The van der Waals surface area contributed by atoms with E-state index in [1.807, 2.05) is 34.0 Å². The third-order valence-corrected chi connectivity index (χ3v) is 3.49. The van der Waals surface area contributed by atoms with Gasteiger partial charge in [0.15, 0.2) is 5.78 Å². The molecular formula is C15H23ClN2O. The molecule has 0 aromatic heterocycles. The van der Waals surface area contributed by atoms with Crippen LogP contribution in [-0.4, -0.2) is 43.9 Å². The van der Waals surface area contributed by atoms with E-state index < -0.39 is 0 Å². The van der Waals surface area contributed by atoms with Crippen LogP contribution in [0.15, 0.2) is 18.2 Å². The van der Waals surface area contributed by atoms with Crippen LogP contribution >= 0.6 is 11.6 Å². The van der Waals surface area contributed by atoms with Crippen molar-refractivity contribution in [1.82, 2.24) is 10.2 Å². The second kappa shape index (κ2) is 7.63. The molecule has 0 saturated carbocycles. The Kier molecular flexibility index (Phi) is 6.49. The van der Waals surface area contributed by atoms with E-state index in [0.717, 1.165) is 30.6 Å². The number of nitrogens with zero attached hydrogens (tertiary/aromatic N) is 1. The van der Waals surface area contributed by atoms with Gasteiger partial charge in [0.25, 0.3) is 0 Å². The molecule has 4 heteroatoms. The van der Waals surface area contributed by atoms with Crippen LogP contribution < -0.4 is 5.32 Å². The van der Waals surface area contributed by atoms with E-state index in [4.69, 9.17) is 11.6 Å². The summed E-state index contributed by atoms with van der Waals surface area (Å²) in [7, 11) is 4.09. The van der Waals surface area contributed by atoms with Gasteiger partial charge in [0, 0.05) is 10.6 Å². The number of aryl methyl sites for hydroxylation is 1. The van der Waals surface area contributed by atoms with E-state index in [9.17, 15) is 4.79 Å². The molecule has 0 saturated heterocycles. The van der Waals surface area contributed by atoms with Crippen LogP contribution in [0.2, 0.25) is 5.02 Å². The first-order chi connectivity index (χ1) is 8.91. The van der Waals surface area contributed by atoms with Gasteiger partial charge < -0.3 is 10.2 Å². The van der Waals surface area contributed by atoms with Crippen molar-refractivity contribution < 1.29 is 4.79 Å². The fraction of sp³-hybridized carbons (Fsp3) is 0.533. The van der Waals surface area contributed by atoms with Crippen molar-refractivity contribution in [2.45, 2.75) is 26.3 Å². The predicted octanol–water partition coefficient (Wildman–Crippen LogP) is 2.76. The number of rotatable bonds is 7. The van der Waals surface area contributed by atoms with Gasteiger partial charge in [-0.1, -0.05) is 11.6 Å². The first kappa shape index (κ1) is 16.2. The summed E-state index contributed by atoms with van der Waals surface area (Å²) in [5.41, 5.74) is 1.65. The summed E-state index contributed by atoms with van der Waals surface area (Å²) < 4.78 is 0. The molecule has 106 valence electrons. The molecule has 0 aliphatic rings. The summed E-state index contributed by atoms with van der Waals surface area (Å²) in [4.78, 5) is 14.4. The van der Waals surface area contributed by atoms with E-state index >= 15 is 0 Å². The number of carbonyl (C=O) groups excluding carboxylic acids is 1. The molecule has 0 heterocycles. The number of Topliss-reactive ketones (excluding diaryl/α,β-unsaturated/α-hetero) is 1. The van der Waals surface area contributed by atoms with E-state index in [2.05, 4.69) is 10.2 Å². The Bertz CT molecular complexity index is 432. The highest BCUT2D eigenvalue weighted by molar-refractivity contribution is 6.31. The lowest BCUT2D eigenvalue weighted by Gasteiger charge is -2.15. The quantitative estimate of drug-likeness (QED) is 0.616. The number of nitrogens with one attached hydrogen (secondary N) is 1. The van der Waals surface area contributed by atoms with Crippen LogP contribution in [0, 0.1) is 6.92 Å². The maximum atomic E-state index is 12.2. The second-order valence-corrected chi connectivity index (χ2v) is 5.57. The van der Waals surface area contributed by atoms with Crippen LogP contribution in [0.5, 0.6) is 0 Å². The first-order valence-corrected chi connectivity index (χ1v) is 6.98. The van der Waals surface area contributed by atoms with Crippen molar-refractivity contribution in [3.05, 3.63) is 34.3 Å². The fourth-order valence-electron chi connectivity index (χ4n) is 1.85. The van der Waals surface area contributed by atoms with Crippen molar-refractivity contribution in [3.8, 4) is 0 Å². The summed E-state index contributed by atoms with van der Waals surface area (Å²) in [6.45, 7) is 5.68. The van der Waals surface area contributed by atoms with Crippen LogP contribution in [0.3, 0.4) is 0 Å². The van der Waals surface area contributed by atoms with E-state index in [1.54, 1.807) is 12.1 Å². The Balaban J connectivity index is 2.49. The van der Waals surface area contributed by atoms with Crippen molar-refractivity contribution >= 4 is 17.4 Å². The second-order valence-electron chi connectivity index (χ2n) is 5.16. The molecule has 0 amide bonds. The predicted molar refractivity (Wildman–Crippen MR) is 81.2 cm³/mol. The molecule has 0 aliphatic heterocycles. The Morgan fingerprint density at radius 2 is 2.11 bits per heavy atom. The highest BCUT2D eigenvalue weighted by Crippen LogP contribution is 2.17. The van der Waals surface area contributed by atoms with Crippen molar-refractivity contribution in [2.24, 2.45) is 0 Å². The molecule has 1 aromatic rings. The highest BCUT2D eigenvalue weighted by Gasteiger charge is 2.14. The fourth-order valence-corrected chi connectivity index (χ4v) is 1.97. The lowest BCUT2D eigenvalue weighted by molar-refractivity contribution is 0.0950. The molecule has 1 rings (SSSR count). The van der Waals surface area contributed by atoms with E-state index in [1.165, 1.54) is 0 Å². The molecule has 1 aromatic carbocycles. The Morgan fingerprint density at radius 1 is 1.42 bits per heavy atom. The molecule has 0 bridgehead atoms. The number of hydrogen-bond acceptors (Lipinski definition) is 3. The minimum atomic E-state index is -0.164. The summed E-state index contributed by atoms with van der Waals surface area (Å²) in [5.74, 6) is 0.115. The van der Waals surface area contributed by atoms with Gasteiger partial charge in [-0.3, -0.25) is 4.79 Å². The van der Waals surface area contributed by atoms with Gasteiger partial charge in [0.2, 0.25) is 0 Å². The molecule has 19 heavy (non-hydrogen) atoms. The summed E-state index contributed by atoms with van der Waals surface area (Å²) in [6.07, 6.45) is 1.03. The number of ketones is 1. The van der Waals surface area contributed by atoms with Gasteiger partial charge in [-0.05, 0) is 71.2 Å². The first-order valence-electron chi connectivity index (χ1n) is 6.60. The zero-order valence-electron chi connectivity index (χ0n) is 12.2. The highest BCUT2D eigenvalue weighted by atomic mass is 35.5. The van der Waals surface area contributed by atoms with Gasteiger partial charge in [-0.15, -0.1) is 0 Å². The maximum Gasteiger partial charge on any atom is 0.179 e. The molecule has 0 spiro atoms. The molecule has 1 N–H and O–H groups in total. The smallest absolute Gasteiger partial charge is 0.179 e. The van der Waals surface area contributed by atoms with E-state index in [-0.39, 0.29) is 11.8 Å². The minimum Gasteiger partial charge on any atom is -0.309 e. The van der Waals surface area contributed by atoms with E-state index in [0.29, 0.717) is 5.02 Å². The SMILES string of the molecule is Cc1cc(C(=O)C(C)NCCCN(C)C)ccc1Cl. The number of hydrogen-bond donors (Lipinski definition) is 1. The average molecular weight is 283 g/mol. The monoisotopic (exact) mass is 282 g/mol. The molecule has 1 atom stereocenters.